The summed E-state index contributed by atoms with van der Waals surface area (Å²) in [7, 11) is 0. The molecule has 0 spiro atoms. The molecule has 0 unspecified atom stereocenters. The van der Waals surface area contributed by atoms with Gasteiger partial charge in [0.05, 0.1) is 10.7 Å². The van der Waals surface area contributed by atoms with Gasteiger partial charge in [-0.05, 0) is 13.0 Å². The van der Waals surface area contributed by atoms with Crippen molar-refractivity contribution < 1.29 is 14.3 Å². The Morgan fingerprint density at radius 3 is 2.62 bits per heavy atom. The first-order valence-electron chi connectivity index (χ1n) is 7.18. The Hall–Kier alpha value is -1.46. The van der Waals surface area contributed by atoms with E-state index in [1.54, 1.807) is 12.1 Å². The van der Waals surface area contributed by atoms with E-state index in [2.05, 4.69) is 24.5 Å². The van der Waals surface area contributed by atoms with E-state index in [1.165, 1.54) is 0 Å². The third-order valence-corrected chi connectivity index (χ3v) is 3.35. The van der Waals surface area contributed by atoms with Gasteiger partial charge in [0.1, 0.15) is 13.2 Å². The largest absolute Gasteiger partial charge is 0.486 e. The van der Waals surface area contributed by atoms with Crippen molar-refractivity contribution in [1.29, 1.82) is 0 Å². The molecular formula is C15H21ClN2O3. The summed E-state index contributed by atoms with van der Waals surface area (Å²) >= 11 is 6.15. The molecule has 1 amide bonds. The number of hydrogen-bond acceptors (Lipinski definition) is 4. The lowest BCUT2D eigenvalue weighted by atomic mass is 10.2. The Morgan fingerprint density at radius 2 is 1.95 bits per heavy atom. The van der Waals surface area contributed by atoms with Crippen LogP contribution in [0.25, 0.3) is 0 Å². The normalized spacial score (nSPS) is 13.3. The smallest absolute Gasteiger partial charge is 0.224 e. The van der Waals surface area contributed by atoms with E-state index < -0.39 is 0 Å². The molecule has 0 fully saturated rings. The van der Waals surface area contributed by atoms with Crippen molar-refractivity contribution >= 4 is 23.2 Å². The van der Waals surface area contributed by atoms with Crippen LogP contribution in [0.4, 0.5) is 5.69 Å². The van der Waals surface area contributed by atoms with Crippen molar-refractivity contribution in [2.75, 3.05) is 25.1 Å². The van der Waals surface area contributed by atoms with Gasteiger partial charge in [-0.25, -0.2) is 0 Å². The maximum atomic E-state index is 11.9. The number of hydrogen-bond donors (Lipinski definition) is 2. The van der Waals surface area contributed by atoms with Crippen LogP contribution in [0.15, 0.2) is 12.1 Å². The molecule has 0 aliphatic carbocycles. The lowest BCUT2D eigenvalue weighted by molar-refractivity contribution is -0.116. The van der Waals surface area contributed by atoms with Gasteiger partial charge in [0, 0.05) is 24.6 Å². The first kappa shape index (κ1) is 15.9. The van der Waals surface area contributed by atoms with Gasteiger partial charge < -0.3 is 20.1 Å². The van der Waals surface area contributed by atoms with Gasteiger partial charge in [0.15, 0.2) is 11.5 Å². The van der Waals surface area contributed by atoms with Crippen molar-refractivity contribution in [2.45, 2.75) is 32.7 Å². The van der Waals surface area contributed by atoms with E-state index in [9.17, 15) is 4.79 Å². The standard InChI is InChI=1S/C15H21ClN2O3/c1-10(2)17-5-3-4-15(19)18-12-9-14-13(8-11(12)16)20-6-7-21-14/h8-10,17H,3-7H2,1-2H3,(H,18,19). The molecule has 1 heterocycles. The zero-order valence-electron chi connectivity index (χ0n) is 12.4. The summed E-state index contributed by atoms with van der Waals surface area (Å²) < 4.78 is 10.9. The monoisotopic (exact) mass is 312 g/mol. The molecule has 2 rings (SSSR count). The second kappa shape index (κ2) is 7.52. The predicted octanol–water partition coefficient (Wildman–Crippen LogP) is 2.83. The Balaban J connectivity index is 1.88. The minimum absolute atomic E-state index is 0.0564. The van der Waals surface area contributed by atoms with E-state index in [1.807, 2.05) is 0 Å². The fourth-order valence-corrected chi connectivity index (χ4v) is 2.21. The zero-order valence-corrected chi connectivity index (χ0v) is 13.1. The molecular weight excluding hydrogens is 292 g/mol. The van der Waals surface area contributed by atoms with Crippen LogP contribution < -0.4 is 20.1 Å². The molecule has 2 N–H and O–H groups in total. The number of rotatable bonds is 6. The third kappa shape index (κ3) is 4.79. The van der Waals surface area contributed by atoms with Gasteiger partial charge in [-0.2, -0.15) is 0 Å². The molecule has 5 nitrogen and oxygen atoms in total. The summed E-state index contributed by atoms with van der Waals surface area (Å²) in [6, 6.07) is 3.81. The van der Waals surface area contributed by atoms with Crippen LogP contribution >= 0.6 is 11.6 Å². The molecule has 0 radical (unpaired) electrons. The average Bonchev–Trinajstić information content (AvgIpc) is 2.44. The predicted molar refractivity (Wildman–Crippen MR) is 83.4 cm³/mol. The van der Waals surface area contributed by atoms with Gasteiger partial charge in [-0.3, -0.25) is 4.79 Å². The molecule has 1 aliphatic heterocycles. The highest BCUT2D eigenvalue weighted by atomic mass is 35.5. The van der Waals surface area contributed by atoms with Gasteiger partial charge in [0.2, 0.25) is 5.91 Å². The van der Waals surface area contributed by atoms with Gasteiger partial charge >= 0.3 is 0 Å². The van der Waals surface area contributed by atoms with Crippen LogP contribution in [0.3, 0.4) is 0 Å². The second-order valence-corrected chi connectivity index (χ2v) is 5.64. The number of benzene rings is 1. The van der Waals surface area contributed by atoms with Crippen LogP contribution in [-0.2, 0) is 4.79 Å². The fraction of sp³-hybridized carbons (Fsp3) is 0.533. The number of fused-ring (bicyclic) bond motifs is 1. The van der Waals surface area contributed by atoms with Crippen molar-refractivity contribution in [3.8, 4) is 11.5 Å². The number of carbonyl (C=O) groups is 1. The fourth-order valence-electron chi connectivity index (χ4n) is 2.01. The highest BCUT2D eigenvalue weighted by Gasteiger charge is 2.16. The molecule has 6 heteroatoms. The molecule has 0 bridgehead atoms. The molecule has 21 heavy (non-hydrogen) atoms. The van der Waals surface area contributed by atoms with Crippen LogP contribution in [-0.4, -0.2) is 31.7 Å². The zero-order chi connectivity index (χ0) is 15.2. The Bertz CT molecular complexity index is 506. The molecule has 0 saturated heterocycles. The van der Waals surface area contributed by atoms with Crippen molar-refractivity contribution in [3.05, 3.63) is 17.2 Å². The van der Waals surface area contributed by atoms with Crippen molar-refractivity contribution in [2.24, 2.45) is 0 Å². The quantitative estimate of drug-likeness (QED) is 0.793. The maximum Gasteiger partial charge on any atom is 0.224 e. The third-order valence-electron chi connectivity index (χ3n) is 3.04. The van der Waals surface area contributed by atoms with Gasteiger partial charge in [-0.1, -0.05) is 25.4 Å². The maximum absolute atomic E-state index is 11.9. The molecule has 0 saturated carbocycles. The lowest BCUT2D eigenvalue weighted by Crippen LogP contribution is -2.24. The van der Waals surface area contributed by atoms with Gasteiger partial charge in [0.25, 0.3) is 0 Å². The first-order chi connectivity index (χ1) is 10.1. The highest BCUT2D eigenvalue weighted by Crippen LogP contribution is 2.37. The van der Waals surface area contributed by atoms with Crippen molar-refractivity contribution in [1.82, 2.24) is 5.32 Å². The Labute approximate surface area is 130 Å². The summed E-state index contributed by atoms with van der Waals surface area (Å²) in [4.78, 5) is 11.9. The first-order valence-corrected chi connectivity index (χ1v) is 7.56. The summed E-state index contributed by atoms with van der Waals surface area (Å²) in [6.45, 7) is 5.99. The number of anilines is 1. The minimum atomic E-state index is -0.0564. The Morgan fingerprint density at radius 1 is 1.29 bits per heavy atom. The van der Waals surface area contributed by atoms with E-state index >= 15 is 0 Å². The average molecular weight is 313 g/mol. The lowest BCUT2D eigenvalue weighted by Gasteiger charge is -2.20. The topological polar surface area (TPSA) is 59.6 Å². The van der Waals surface area contributed by atoms with E-state index in [0.29, 0.717) is 47.9 Å². The van der Waals surface area contributed by atoms with E-state index in [-0.39, 0.29) is 5.91 Å². The molecule has 0 aromatic heterocycles. The number of halogens is 1. The van der Waals surface area contributed by atoms with E-state index in [0.717, 1.165) is 13.0 Å². The SMILES string of the molecule is CC(C)NCCCC(=O)Nc1cc2c(cc1Cl)OCCO2. The van der Waals surface area contributed by atoms with Crippen molar-refractivity contribution in [3.63, 3.8) is 0 Å². The highest BCUT2D eigenvalue weighted by molar-refractivity contribution is 6.34. The molecule has 1 aromatic rings. The summed E-state index contributed by atoms with van der Waals surface area (Å²) in [5, 5.41) is 6.54. The second-order valence-electron chi connectivity index (χ2n) is 5.24. The number of ether oxygens (including phenoxy) is 2. The molecule has 0 atom stereocenters. The van der Waals surface area contributed by atoms with Gasteiger partial charge in [-0.15, -0.1) is 0 Å². The summed E-state index contributed by atoms with van der Waals surface area (Å²) in [5.41, 5.74) is 0.558. The Kier molecular flexibility index (Phi) is 5.70. The minimum Gasteiger partial charge on any atom is -0.486 e. The number of nitrogens with one attached hydrogen (secondary N) is 2. The van der Waals surface area contributed by atoms with Crippen LogP contribution in [0.2, 0.25) is 5.02 Å². The molecule has 116 valence electrons. The number of amides is 1. The summed E-state index contributed by atoms with van der Waals surface area (Å²) in [5.74, 6) is 1.17. The molecule has 1 aliphatic rings. The van der Waals surface area contributed by atoms with E-state index in [4.69, 9.17) is 21.1 Å². The summed E-state index contributed by atoms with van der Waals surface area (Å²) in [6.07, 6.45) is 1.23. The van der Waals surface area contributed by atoms with Crippen LogP contribution in [0.1, 0.15) is 26.7 Å². The number of carbonyl (C=O) groups excluding carboxylic acids is 1. The molecule has 1 aromatic carbocycles. The van der Waals surface area contributed by atoms with Crippen LogP contribution in [0, 0.1) is 0 Å². The van der Waals surface area contributed by atoms with Crippen LogP contribution in [0.5, 0.6) is 11.5 Å².